The van der Waals surface area contributed by atoms with Crippen molar-refractivity contribution in [2.24, 2.45) is 5.92 Å². The number of rotatable bonds is 7. The molecule has 9 heteroatoms. The van der Waals surface area contributed by atoms with Crippen molar-refractivity contribution >= 4 is 11.7 Å². The zero-order valence-electron chi connectivity index (χ0n) is 22.5. The first-order valence-electron chi connectivity index (χ1n) is 13.1. The Balaban J connectivity index is 1.62. The fourth-order valence-electron chi connectivity index (χ4n) is 5.16. The molecule has 5 rings (SSSR count). The lowest BCUT2D eigenvalue weighted by molar-refractivity contribution is 0.143. The number of benzene rings is 2. The van der Waals surface area contributed by atoms with E-state index in [1.807, 2.05) is 47.9 Å². The van der Waals surface area contributed by atoms with Crippen LogP contribution < -0.4 is 4.74 Å². The summed E-state index contributed by atoms with van der Waals surface area (Å²) in [6.07, 6.45) is 4.87. The van der Waals surface area contributed by atoms with Crippen LogP contribution in [0.1, 0.15) is 29.5 Å². The van der Waals surface area contributed by atoms with Crippen molar-refractivity contribution in [1.82, 2.24) is 24.2 Å². The highest BCUT2D eigenvalue weighted by Gasteiger charge is 2.23. The van der Waals surface area contributed by atoms with Gasteiger partial charge in [-0.25, -0.2) is 9.78 Å². The number of nitriles is 1. The van der Waals surface area contributed by atoms with Crippen molar-refractivity contribution in [3.05, 3.63) is 71.5 Å². The van der Waals surface area contributed by atoms with Crippen LogP contribution in [0.5, 0.6) is 6.01 Å². The molecular formula is C30H32N6O3. The van der Waals surface area contributed by atoms with Crippen LogP contribution in [0.3, 0.4) is 0 Å². The van der Waals surface area contributed by atoms with Gasteiger partial charge in [0, 0.05) is 44.0 Å². The highest BCUT2D eigenvalue weighted by Crippen LogP contribution is 2.37. The number of likely N-dealkylation sites (tertiary alicyclic amines) is 1. The Morgan fingerprint density at radius 1 is 1.23 bits per heavy atom. The van der Waals surface area contributed by atoms with Crippen molar-refractivity contribution in [3.63, 3.8) is 0 Å². The maximum absolute atomic E-state index is 11.5. The molecule has 1 atom stereocenters. The first kappa shape index (κ1) is 26.2. The van der Waals surface area contributed by atoms with Gasteiger partial charge in [-0.05, 0) is 68.2 Å². The summed E-state index contributed by atoms with van der Waals surface area (Å²) >= 11 is 0. The number of amides is 1. The minimum Gasteiger partial charge on any atom is -0.465 e. The van der Waals surface area contributed by atoms with Gasteiger partial charge in [0.25, 0.3) is 0 Å². The molecule has 0 bridgehead atoms. The Morgan fingerprint density at radius 2 is 2.00 bits per heavy atom. The van der Waals surface area contributed by atoms with Gasteiger partial charge in [0.2, 0.25) is 0 Å². The number of imidazole rings is 1. The number of aromatic nitrogens is 3. The summed E-state index contributed by atoms with van der Waals surface area (Å²) in [6.45, 7) is 4.89. The van der Waals surface area contributed by atoms with Crippen molar-refractivity contribution in [2.75, 3.05) is 33.8 Å². The number of hydrogen-bond acceptors (Lipinski definition) is 6. The van der Waals surface area contributed by atoms with Crippen LogP contribution in [0.15, 0.2) is 54.9 Å². The van der Waals surface area contributed by atoms with Crippen LogP contribution in [0.4, 0.5) is 4.79 Å². The molecule has 0 radical (unpaired) electrons. The van der Waals surface area contributed by atoms with E-state index in [1.54, 1.807) is 25.4 Å². The van der Waals surface area contributed by atoms with Crippen LogP contribution in [-0.2, 0) is 6.54 Å². The first-order chi connectivity index (χ1) is 18.8. The summed E-state index contributed by atoms with van der Waals surface area (Å²) in [7, 11) is 3.70. The third-order valence-electron chi connectivity index (χ3n) is 7.34. The molecule has 1 saturated heterocycles. The zero-order valence-corrected chi connectivity index (χ0v) is 22.5. The molecule has 0 spiro atoms. The van der Waals surface area contributed by atoms with Crippen molar-refractivity contribution < 1.29 is 14.6 Å². The molecule has 3 heterocycles. The molecule has 39 heavy (non-hydrogen) atoms. The summed E-state index contributed by atoms with van der Waals surface area (Å²) < 4.78 is 8.22. The lowest BCUT2D eigenvalue weighted by Crippen LogP contribution is -2.35. The SMILES string of the molecule is Cc1ccc(-c2c(-c3ccc(C#N)cc3)nc(OC[C@@H]3CCCN(C)C3)n3ccnc23)cc1CN(C)C(=O)O. The van der Waals surface area contributed by atoms with Crippen LogP contribution in [0.2, 0.25) is 0 Å². The van der Waals surface area contributed by atoms with Gasteiger partial charge in [-0.1, -0.05) is 24.3 Å². The van der Waals surface area contributed by atoms with Crippen molar-refractivity contribution in [2.45, 2.75) is 26.3 Å². The second-order valence-corrected chi connectivity index (χ2v) is 10.3. The summed E-state index contributed by atoms with van der Waals surface area (Å²) in [5, 5.41) is 18.7. The van der Waals surface area contributed by atoms with Gasteiger partial charge in [0.15, 0.2) is 5.65 Å². The number of nitrogens with zero attached hydrogens (tertiary/aromatic N) is 6. The summed E-state index contributed by atoms with van der Waals surface area (Å²) in [5.74, 6) is 0.424. The van der Waals surface area contributed by atoms with Crippen LogP contribution in [0, 0.1) is 24.2 Å². The molecule has 0 unspecified atom stereocenters. The fraction of sp³-hybridized carbons (Fsp3) is 0.333. The standard InChI is InChI=1S/C30H32N6O3/c1-20-6-9-24(15-25(20)18-35(3)30(37)38)26-27(23-10-7-21(16-31)8-11-23)33-29(36-14-12-32-28(26)36)39-19-22-5-4-13-34(2)17-22/h6-12,14-15,22H,4-5,13,17-19H2,1-3H3,(H,37,38)/t22-/m1/s1. The first-order valence-corrected chi connectivity index (χ1v) is 13.1. The average molecular weight is 525 g/mol. The second-order valence-electron chi connectivity index (χ2n) is 10.3. The lowest BCUT2D eigenvalue weighted by atomic mass is 9.96. The van der Waals surface area contributed by atoms with Crippen LogP contribution in [-0.4, -0.2) is 69.2 Å². The Labute approximate surface area is 227 Å². The minimum atomic E-state index is -0.985. The molecule has 9 nitrogen and oxygen atoms in total. The van der Waals surface area contributed by atoms with Crippen LogP contribution in [0.25, 0.3) is 28.0 Å². The largest absolute Gasteiger partial charge is 0.465 e. The summed E-state index contributed by atoms with van der Waals surface area (Å²) in [6, 6.07) is 16.0. The highest BCUT2D eigenvalue weighted by molar-refractivity contribution is 5.90. The molecule has 1 fully saturated rings. The number of aryl methyl sites for hydroxylation is 1. The maximum Gasteiger partial charge on any atom is 0.407 e. The molecule has 1 aliphatic rings. The minimum absolute atomic E-state index is 0.260. The third kappa shape index (κ3) is 5.56. The monoisotopic (exact) mass is 524 g/mol. The number of carbonyl (C=O) groups is 1. The van der Waals surface area contributed by atoms with E-state index in [0.29, 0.717) is 35.4 Å². The molecule has 2 aromatic heterocycles. The number of carboxylic acid groups (broad SMARTS) is 1. The maximum atomic E-state index is 11.5. The van der Waals surface area contributed by atoms with E-state index >= 15 is 0 Å². The quantitative estimate of drug-likeness (QED) is 0.359. The Kier molecular flexibility index (Phi) is 7.48. The Morgan fingerprint density at radius 3 is 2.72 bits per heavy atom. The number of fused-ring (bicyclic) bond motifs is 1. The normalized spacial score (nSPS) is 15.7. The van der Waals surface area contributed by atoms with E-state index in [-0.39, 0.29) is 6.54 Å². The second kappa shape index (κ2) is 11.1. The summed E-state index contributed by atoms with van der Waals surface area (Å²) in [4.78, 5) is 24.8. The van der Waals surface area contributed by atoms with Gasteiger partial charge in [0.1, 0.15) is 0 Å². The van der Waals surface area contributed by atoms with Crippen LogP contribution >= 0.6 is 0 Å². The Hall–Kier alpha value is -4.42. The van der Waals surface area contributed by atoms with E-state index in [0.717, 1.165) is 53.7 Å². The number of piperidine rings is 1. The van der Waals surface area contributed by atoms with E-state index in [2.05, 4.69) is 18.0 Å². The van der Waals surface area contributed by atoms with E-state index < -0.39 is 6.09 Å². The van der Waals surface area contributed by atoms with Gasteiger partial charge in [-0.2, -0.15) is 10.2 Å². The van der Waals surface area contributed by atoms with E-state index in [1.165, 1.54) is 4.90 Å². The molecule has 0 saturated carbocycles. The number of hydrogen-bond donors (Lipinski definition) is 1. The molecule has 1 amide bonds. The van der Waals surface area contributed by atoms with Gasteiger partial charge in [-0.15, -0.1) is 0 Å². The van der Waals surface area contributed by atoms with Gasteiger partial charge < -0.3 is 19.6 Å². The zero-order chi connectivity index (χ0) is 27.5. The lowest BCUT2D eigenvalue weighted by Gasteiger charge is -2.29. The smallest absolute Gasteiger partial charge is 0.407 e. The van der Waals surface area contributed by atoms with Gasteiger partial charge >= 0.3 is 12.1 Å². The molecule has 2 aromatic carbocycles. The van der Waals surface area contributed by atoms with Gasteiger partial charge in [0.05, 0.1) is 29.5 Å². The summed E-state index contributed by atoms with van der Waals surface area (Å²) in [5.41, 5.74) is 6.37. The molecule has 0 aliphatic carbocycles. The topological polar surface area (TPSA) is 107 Å². The van der Waals surface area contributed by atoms with E-state index in [9.17, 15) is 15.2 Å². The molecule has 200 valence electrons. The van der Waals surface area contributed by atoms with E-state index in [4.69, 9.17) is 14.7 Å². The fourth-order valence-corrected chi connectivity index (χ4v) is 5.16. The molecule has 4 aromatic rings. The Bertz CT molecular complexity index is 1540. The number of ether oxygens (including phenoxy) is 1. The molecule has 1 aliphatic heterocycles. The van der Waals surface area contributed by atoms with Crippen molar-refractivity contribution in [3.8, 4) is 34.5 Å². The average Bonchev–Trinajstić information content (AvgIpc) is 3.43. The molecular weight excluding hydrogens is 492 g/mol. The third-order valence-corrected chi connectivity index (χ3v) is 7.34. The predicted molar refractivity (Wildman–Crippen MR) is 149 cm³/mol. The van der Waals surface area contributed by atoms with Gasteiger partial charge in [-0.3, -0.25) is 4.40 Å². The highest BCUT2D eigenvalue weighted by atomic mass is 16.5. The predicted octanol–water partition coefficient (Wildman–Crippen LogP) is 5.07. The van der Waals surface area contributed by atoms with Crippen molar-refractivity contribution in [1.29, 1.82) is 5.26 Å². The molecule has 1 N–H and O–H groups in total.